The number of halogens is 2. The van der Waals surface area contributed by atoms with Gasteiger partial charge in [-0.2, -0.15) is 0 Å². The number of sulfone groups is 1. The van der Waals surface area contributed by atoms with E-state index in [1.807, 2.05) is 0 Å². The Morgan fingerprint density at radius 1 is 1.11 bits per heavy atom. The van der Waals surface area contributed by atoms with Crippen molar-refractivity contribution in [2.75, 3.05) is 18.6 Å². The SMILES string of the molecule is CS(=O)(=O)CCNC(=O)c1ccc2cncc(-c3cc(F)ccc3F)c2n1. The number of aromatic nitrogens is 2. The van der Waals surface area contributed by atoms with Crippen LogP contribution < -0.4 is 5.32 Å². The predicted octanol–water partition coefficient (Wildman–Crippen LogP) is 2.35. The van der Waals surface area contributed by atoms with Crippen LogP contribution in [0.1, 0.15) is 10.5 Å². The van der Waals surface area contributed by atoms with Gasteiger partial charge in [0.25, 0.3) is 5.91 Å². The molecular weight excluding hydrogens is 376 g/mol. The number of nitrogens with one attached hydrogen (secondary N) is 1. The molecule has 0 fully saturated rings. The minimum atomic E-state index is -3.21. The first-order valence-corrected chi connectivity index (χ1v) is 9.97. The highest BCUT2D eigenvalue weighted by Gasteiger charge is 2.15. The molecule has 140 valence electrons. The van der Waals surface area contributed by atoms with E-state index in [1.54, 1.807) is 6.07 Å². The number of hydrogen-bond acceptors (Lipinski definition) is 5. The van der Waals surface area contributed by atoms with Gasteiger partial charge < -0.3 is 5.32 Å². The number of hydrogen-bond donors (Lipinski definition) is 1. The number of carbonyl (C=O) groups is 1. The second kappa shape index (κ2) is 7.36. The Morgan fingerprint density at radius 2 is 1.89 bits per heavy atom. The molecule has 0 unspecified atom stereocenters. The zero-order valence-electron chi connectivity index (χ0n) is 14.2. The molecule has 0 radical (unpaired) electrons. The van der Waals surface area contributed by atoms with E-state index in [0.29, 0.717) is 5.39 Å². The summed E-state index contributed by atoms with van der Waals surface area (Å²) in [6, 6.07) is 6.08. The van der Waals surface area contributed by atoms with Crippen molar-refractivity contribution >= 4 is 26.6 Å². The number of nitrogens with zero attached hydrogens (tertiary/aromatic N) is 2. The molecule has 1 amide bonds. The zero-order valence-corrected chi connectivity index (χ0v) is 15.1. The molecule has 0 aliphatic carbocycles. The van der Waals surface area contributed by atoms with Crippen LogP contribution in [0.2, 0.25) is 0 Å². The number of fused-ring (bicyclic) bond motifs is 1. The largest absolute Gasteiger partial charge is 0.350 e. The number of rotatable bonds is 5. The van der Waals surface area contributed by atoms with Crippen LogP contribution in [0.4, 0.5) is 8.78 Å². The topological polar surface area (TPSA) is 89.0 Å². The first-order chi connectivity index (χ1) is 12.7. The average Bonchev–Trinajstić information content (AvgIpc) is 2.61. The van der Waals surface area contributed by atoms with Crippen molar-refractivity contribution in [1.82, 2.24) is 15.3 Å². The average molecular weight is 391 g/mol. The van der Waals surface area contributed by atoms with Gasteiger partial charge in [0.2, 0.25) is 0 Å². The number of amides is 1. The second-order valence-electron chi connectivity index (χ2n) is 5.97. The van der Waals surface area contributed by atoms with E-state index in [0.717, 1.165) is 24.5 Å². The third kappa shape index (κ3) is 4.43. The van der Waals surface area contributed by atoms with Crippen LogP contribution in [0.3, 0.4) is 0 Å². The Hall–Kier alpha value is -2.94. The molecule has 3 rings (SSSR count). The summed E-state index contributed by atoms with van der Waals surface area (Å²) in [5, 5.41) is 3.01. The molecule has 3 aromatic rings. The first-order valence-electron chi connectivity index (χ1n) is 7.91. The molecule has 0 saturated carbocycles. The third-order valence-electron chi connectivity index (χ3n) is 3.81. The molecule has 0 atom stereocenters. The van der Waals surface area contributed by atoms with Crippen molar-refractivity contribution in [2.24, 2.45) is 0 Å². The normalized spacial score (nSPS) is 11.5. The van der Waals surface area contributed by atoms with Crippen molar-refractivity contribution in [3.8, 4) is 11.1 Å². The first kappa shape index (κ1) is 18.8. The Bertz CT molecular complexity index is 1130. The summed E-state index contributed by atoms with van der Waals surface area (Å²) >= 11 is 0. The summed E-state index contributed by atoms with van der Waals surface area (Å²) in [6.45, 7) is -0.0564. The van der Waals surface area contributed by atoms with Gasteiger partial charge in [-0.25, -0.2) is 22.2 Å². The molecule has 1 N–H and O–H groups in total. The summed E-state index contributed by atoms with van der Waals surface area (Å²) < 4.78 is 50.0. The van der Waals surface area contributed by atoms with Gasteiger partial charge in [-0.1, -0.05) is 0 Å². The van der Waals surface area contributed by atoms with Crippen molar-refractivity contribution < 1.29 is 22.0 Å². The molecule has 0 aliphatic heterocycles. The maximum Gasteiger partial charge on any atom is 0.269 e. The lowest BCUT2D eigenvalue weighted by Gasteiger charge is -2.09. The fraction of sp³-hybridized carbons (Fsp3) is 0.167. The molecule has 2 aromatic heterocycles. The fourth-order valence-electron chi connectivity index (χ4n) is 2.51. The lowest BCUT2D eigenvalue weighted by molar-refractivity contribution is 0.0951. The molecule has 0 saturated heterocycles. The highest BCUT2D eigenvalue weighted by Crippen LogP contribution is 2.29. The van der Waals surface area contributed by atoms with Crippen molar-refractivity contribution in [2.45, 2.75) is 0 Å². The Labute approximate surface area is 154 Å². The highest BCUT2D eigenvalue weighted by molar-refractivity contribution is 7.90. The zero-order chi connectivity index (χ0) is 19.6. The van der Waals surface area contributed by atoms with E-state index >= 15 is 0 Å². The van der Waals surface area contributed by atoms with Gasteiger partial charge in [-0.15, -0.1) is 0 Å². The van der Waals surface area contributed by atoms with Crippen LogP contribution in [0.15, 0.2) is 42.7 Å². The fourth-order valence-corrected chi connectivity index (χ4v) is 2.98. The van der Waals surface area contributed by atoms with Gasteiger partial charge in [-0.3, -0.25) is 9.78 Å². The van der Waals surface area contributed by atoms with Crippen LogP contribution >= 0.6 is 0 Å². The quantitative estimate of drug-likeness (QED) is 0.721. The maximum absolute atomic E-state index is 14.2. The van der Waals surface area contributed by atoms with Gasteiger partial charge >= 0.3 is 0 Å². The smallest absolute Gasteiger partial charge is 0.269 e. The van der Waals surface area contributed by atoms with Crippen LogP contribution in [0.25, 0.3) is 22.0 Å². The number of benzene rings is 1. The molecule has 0 spiro atoms. The molecule has 27 heavy (non-hydrogen) atoms. The molecule has 6 nitrogen and oxygen atoms in total. The molecule has 1 aromatic carbocycles. The molecular formula is C18H15F2N3O3S. The number of carbonyl (C=O) groups excluding carboxylic acids is 1. The Morgan fingerprint density at radius 3 is 2.63 bits per heavy atom. The molecule has 0 aliphatic rings. The van der Waals surface area contributed by atoms with Gasteiger partial charge in [-0.05, 0) is 30.3 Å². The van der Waals surface area contributed by atoms with Crippen molar-refractivity contribution in [3.05, 3.63) is 60.1 Å². The van der Waals surface area contributed by atoms with E-state index in [9.17, 15) is 22.0 Å². The third-order valence-corrected chi connectivity index (χ3v) is 4.75. The van der Waals surface area contributed by atoms with E-state index in [-0.39, 0.29) is 34.6 Å². The van der Waals surface area contributed by atoms with Gasteiger partial charge in [0, 0.05) is 41.7 Å². The van der Waals surface area contributed by atoms with Gasteiger partial charge in [0.15, 0.2) is 0 Å². The minimum Gasteiger partial charge on any atom is -0.350 e. The molecule has 9 heteroatoms. The van der Waals surface area contributed by atoms with E-state index < -0.39 is 27.4 Å². The monoisotopic (exact) mass is 391 g/mol. The van der Waals surface area contributed by atoms with Crippen LogP contribution in [-0.2, 0) is 9.84 Å². The summed E-state index contributed by atoms with van der Waals surface area (Å²) in [5.41, 5.74) is 0.538. The lowest BCUT2D eigenvalue weighted by atomic mass is 10.0. The summed E-state index contributed by atoms with van der Waals surface area (Å²) in [5.74, 6) is -2.02. The van der Waals surface area contributed by atoms with Crippen LogP contribution in [-0.4, -0.2) is 42.8 Å². The predicted molar refractivity (Wildman–Crippen MR) is 96.9 cm³/mol. The summed E-state index contributed by atoms with van der Waals surface area (Å²) in [4.78, 5) is 20.5. The number of pyridine rings is 2. The van der Waals surface area contributed by atoms with Crippen molar-refractivity contribution in [3.63, 3.8) is 0 Å². The second-order valence-corrected chi connectivity index (χ2v) is 8.22. The van der Waals surface area contributed by atoms with E-state index in [2.05, 4.69) is 15.3 Å². The van der Waals surface area contributed by atoms with Crippen LogP contribution in [0.5, 0.6) is 0 Å². The highest BCUT2D eigenvalue weighted by atomic mass is 32.2. The van der Waals surface area contributed by atoms with Gasteiger partial charge in [0.05, 0.1) is 11.3 Å². The summed E-state index contributed by atoms with van der Waals surface area (Å²) in [7, 11) is -3.21. The van der Waals surface area contributed by atoms with Crippen molar-refractivity contribution in [1.29, 1.82) is 0 Å². The maximum atomic E-state index is 14.2. The molecule has 0 bridgehead atoms. The Balaban J connectivity index is 1.99. The van der Waals surface area contributed by atoms with Gasteiger partial charge in [0.1, 0.15) is 27.2 Å². The molecule has 2 heterocycles. The van der Waals surface area contributed by atoms with Crippen LogP contribution in [0, 0.1) is 11.6 Å². The lowest BCUT2D eigenvalue weighted by Crippen LogP contribution is -2.29. The summed E-state index contributed by atoms with van der Waals surface area (Å²) in [6.07, 6.45) is 3.91. The Kier molecular flexibility index (Phi) is 5.13. The standard InChI is InChI=1S/C18H15F2N3O3S/c1-27(25,26)7-6-22-18(24)16-5-2-11-9-21-10-14(17(11)23-16)13-8-12(19)3-4-15(13)20/h2-5,8-10H,6-7H2,1H3,(H,22,24). The van der Waals surface area contributed by atoms with E-state index in [4.69, 9.17) is 0 Å². The minimum absolute atomic E-state index is 0.0183. The van der Waals surface area contributed by atoms with E-state index in [1.165, 1.54) is 18.5 Å².